The van der Waals surface area contributed by atoms with Crippen molar-refractivity contribution < 1.29 is 9.21 Å². The summed E-state index contributed by atoms with van der Waals surface area (Å²) in [5.74, 6) is 0.603. The van der Waals surface area contributed by atoms with Gasteiger partial charge in [-0.15, -0.1) is 0 Å². The molecule has 3 aromatic heterocycles. The van der Waals surface area contributed by atoms with Crippen molar-refractivity contribution in [3.63, 3.8) is 0 Å². The molecule has 0 aliphatic carbocycles. The lowest BCUT2D eigenvalue weighted by Gasteiger charge is -2.08. The van der Waals surface area contributed by atoms with Crippen molar-refractivity contribution in [2.24, 2.45) is 0 Å². The quantitative estimate of drug-likeness (QED) is 0.550. The Kier molecular flexibility index (Phi) is 4.54. The van der Waals surface area contributed by atoms with Crippen LogP contribution < -0.4 is 10.9 Å². The SMILES string of the molecule is Cc1cc(=O)[nH]c(-n2nc(-c3ccco3)cc2NC(=O)c2cccc(Cl)c2)n1. The Labute approximate surface area is 163 Å². The second-order valence-electron chi connectivity index (χ2n) is 5.98. The minimum atomic E-state index is -0.385. The highest BCUT2D eigenvalue weighted by Crippen LogP contribution is 2.24. The van der Waals surface area contributed by atoms with E-state index in [2.05, 4.69) is 20.4 Å². The van der Waals surface area contributed by atoms with Gasteiger partial charge in [-0.25, -0.2) is 4.98 Å². The van der Waals surface area contributed by atoms with E-state index in [-0.39, 0.29) is 17.4 Å². The first kappa shape index (κ1) is 17.7. The van der Waals surface area contributed by atoms with E-state index in [0.29, 0.717) is 33.6 Å². The van der Waals surface area contributed by atoms with Crippen LogP contribution in [0.2, 0.25) is 5.02 Å². The summed E-state index contributed by atoms with van der Waals surface area (Å²) in [7, 11) is 0. The molecule has 0 bridgehead atoms. The van der Waals surface area contributed by atoms with Gasteiger partial charge in [0.2, 0.25) is 5.95 Å². The molecule has 0 aliphatic rings. The molecule has 0 aliphatic heterocycles. The molecule has 2 N–H and O–H groups in total. The van der Waals surface area contributed by atoms with Crippen molar-refractivity contribution in [1.82, 2.24) is 19.7 Å². The number of anilines is 1. The molecule has 0 saturated carbocycles. The summed E-state index contributed by atoms with van der Waals surface area (Å²) in [5, 5.41) is 7.64. The first-order valence-corrected chi connectivity index (χ1v) is 8.66. The summed E-state index contributed by atoms with van der Waals surface area (Å²) in [6.45, 7) is 1.69. The maximum absolute atomic E-state index is 12.7. The van der Waals surface area contributed by atoms with Crippen LogP contribution in [0.1, 0.15) is 16.1 Å². The predicted molar refractivity (Wildman–Crippen MR) is 104 cm³/mol. The van der Waals surface area contributed by atoms with Gasteiger partial charge in [-0.3, -0.25) is 14.6 Å². The van der Waals surface area contributed by atoms with E-state index >= 15 is 0 Å². The number of aromatic amines is 1. The maximum Gasteiger partial charge on any atom is 0.256 e. The van der Waals surface area contributed by atoms with Crippen LogP contribution in [0, 0.1) is 6.92 Å². The van der Waals surface area contributed by atoms with E-state index in [1.807, 2.05) is 0 Å². The minimum Gasteiger partial charge on any atom is -0.463 e. The summed E-state index contributed by atoms with van der Waals surface area (Å²) in [6, 6.07) is 13.0. The molecule has 0 saturated heterocycles. The zero-order chi connectivity index (χ0) is 19.7. The maximum atomic E-state index is 12.7. The summed E-state index contributed by atoms with van der Waals surface area (Å²) in [4.78, 5) is 31.4. The molecule has 28 heavy (non-hydrogen) atoms. The Hall–Kier alpha value is -3.65. The Balaban J connectivity index is 1.78. The van der Waals surface area contributed by atoms with Gasteiger partial charge < -0.3 is 9.73 Å². The first-order valence-electron chi connectivity index (χ1n) is 8.29. The number of H-pyrrole nitrogens is 1. The van der Waals surface area contributed by atoms with Crippen molar-refractivity contribution in [1.29, 1.82) is 0 Å². The molecule has 0 unspecified atom stereocenters. The number of hydrogen-bond donors (Lipinski definition) is 2. The molecule has 1 amide bonds. The van der Waals surface area contributed by atoms with Crippen LogP contribution >= 0.6 is 11.6 Å². The van der Waals surface area contributed by atoms with Gasteiger partial charge in [0.05, 0.1) is 6.26 Å². The van der Waals surface area contributed by atoms with E-state index in [1.165, 1.54) is 17.0 Å². The van der Waals surface area contributed by atoms with Crippen LogP contribution in [0.25, 0.3) is 17.4 Å². The van der Waals surface area contributed by atoms with E-state index < -0.39 is 0 Å². The number of nitrogens with one attached hydrogen (secondary N) is 2. The third-order valence-corrected chi connectivity index (χ3v) is 4.10. The number of aromatic nitrogens is 4. The lowest BCUT2D eigenvalue weighted by Crippen LogP contribution is -2.18. The third kappa shape index (κ3) is 3.58. The number of benzene rings is 1. The van der Waals surface area contributed by atoms with Crippen molar-refractivity contribution in [3.8, 4) is 17.4 Å². The number of furan rings is 1. The summed E-state index contributed by atoms with van der Waals surface area (Å²) in [5.41, 5.74) is 1.03. The molecule has 4 aromatic rings. The molecule has 0 radical (unpaired) electrons. The Morgan fingerprint density at radius 1 is 1.21 bits per heavy atom. The van der Waals surface area contributed by atoms with Crippen LogP contribution in [-0.2, 0) is 0 Å². The Bertz CT molecular complexity index is 1210. The molecule has 0 fully saturated rings. The summed E-state index contributed by atoms with van der Waals surface area (Å²) in [6.07, 6.45) is 1.52. The molecule has 8 nitrogen and oxygen atoms in total. The fourth-order valence-electron chi connectivity index (χ4n) is 2.66. The zero-order valence-electron chi connectivity index (χ0n) is 14.6. The predicted octanol–water partition coefficient (Wildman–Crippen LogP) is 3.43. The van der Waals surface area contributed by atoms with Crippen molar-refractivity contribution in [3.05, 3.63) is 81.4 Å². The number of carbonyl (C=O) groups excluding carboxylic acids is 1. The molecular formula is C19H14ClN5O3. The van der Waals surface area contributed by atoms with Gasteiger partial charge >= 0.3 is 0 Å². The van der Waals surface area contributed by atoms with E-state index in [1.54, 1.807) is 49.4 Å². The van der Waals surface area contributed by atoms with Gasteiger partial charge in [-0.2, -0.15) is 9.78 Å². The van der Waals surface area contributed by atoms with Crippen LogP contribution in [0.4, 0.5) is 5.82 Å². The average molecular weight is 396 g/mol. The standard InChI is InChI=1S/C19H14ClN5O3/c1-11-8-17(26)23-19(21-11)25-16(10-14(24-25)15-6-3-7-28-15)22-18(27)12-4-2-5-13(20)9-12/h2-10H,1H3,(H,22,27)(H,21,23,26). The van der Waals surface area contributed by atoms with Gasteiger partial charge in [-0.1, -0.05) is 17.7 Å². The smallest absolute Gasteiger partial charge is 0.256 e. The highest BCUT2D eigenvalue weighted by Gasteiger charge is 2.17. The topological polar surface area (TPSA) is 106 Å². The lowest BCUT2D eigenvalue weighted by molar-refractivity contribution is 0.102. The van der Waals surface area contributed by atoms with Gasteiger partial charge in [0.15, 0.2) is 5.76 Å². The van der Waals surface area contributed by atoms with Crippen LogP contribution in [0.3, 0.4) is 0 Å². The second-order valence-corrected chi connectivity index (χ2v) is 6.42. The number of aryl methyl sites for hydroxylation is 1. The fraction of sp³-hybridized carbons (Fsp3) is 0.0526. The fourth-order valence-corrected chi connectivity index (χ4v) is 2.85. The molecule has 140 valence electrons. The van der Waals surface area contributed by atoms with Gasteiger partial charge in [0, 0.05) is 28.4 Å². The number of carbonyl (C=O) groups is 1. The summed E-state index contributed by atoms with van der Waals surface area (Å²) >= 11 is 5.97. The molecule has 0 atom stereocenters. The van der Waals surface area contributed by atoms with E-state index in [4.69, 9.17) is 16.0 Å². The Morgan fingerprint density at radius 2 is 2.07 bits per heavy atom. The van der Waals surface area contributed by atoms with Crippen molar-refractivity contribution in [2.45, 2.75) is 6.92 Å². The lowest BCUT2D eigenvalue weighted by atomic mass is 10.2. The monoisotopic (exact) mass is 395 g/mol. The molecule has 4 rings (SSSR count). The number of amides is 1. The number of halogens is 1. The van der Waals surface area contributed by atoms with Crippen LogP contribution in [0.5, 0.6) is 0 Å². The largest absolute Gasteiger partial charge is 0.463 e. The molecular weight excluding hydrogens is 382 g/mol. The Morgan fingerprint density at radius 3 is 2.79 bits per heavy atom. The van der Waals surface area contributed by atoms with Crippen molar-refractivity contribution >= 4 is 23.3 Å². The van der Waals surface area contributed by atoms with Crippen LogP contribution in [-0.4, -0.2) is 25.7 Å². The molecule has 9 heteroatoms. The zero-order valence-corrected chi connectivity index (χ0v) is 15.4. The van der Waals surface area contributed by atoms with Crippen LogP contribution in [0.15, 0.2) is 64.0 Å². The molecule has 3 heterocycles. The van der Waals surface area contributed by atoms with Gasteiger partial charge in [-0.05, 0) is 37.3 Å². The average Bonchev–Trinajstić information content (AvgIpc) is 3.30. The highest BCUT2D eigenvalue weighted by molar-refractivity contribution is 6.31. The number of nitrogens with zero attached hydrogens (tertiary/aromatic N) is 3. The first-order chi connectivity index (χ1) is 13.5. The molecule has 0 spiro atoms. The van der Waals surface area contributed by atoms with Crippen molar-refractivity contribution in [2.75, 3.05) is 5.32 Å². The van der Waals surface area contributed by atoms with Gasteiger partial charge in [0.25, 0.3) is 11.5 Å². The highest BCUT2D eigenvalue weighted by atomic mass is 35.5. The number of rotatable bonds is 4. The third-order valence-electron chi connectivity index (χ3n) is 3.87. The normalized spacial score (nSPS) is 10.8. The van der Waals surface area contributed by atoms with E-state index in [0.717, 1.165) is 0 Å². The minimum absolute atomic E-state index is 0.171. The second kappa shape index (κ2) is 7.16. The molecule has 1 aromatic carbocycles. The van der Waals surface area contributed by atoms with E-state index in [9.17, 15) is 9.59 Å². The summed E-state index contributed by atoms with van der Waals surface area (Å²) < 4.78 is 6.72. The van der Waals surface area contributed by atoms with Gasteiger partial charge in [0.1, 0.15) is 11.5 Å². The number of hydrogen-bond acceptors (Lipinski definition) is 5.